The van der Waals surface area contributed by atoms with Gasteiger partial charge in [0, 0.05) is 41.3 Å². The van der Waals surface area contributed by atoms with Gasteiger partial charge in [0.25, 0.3) is 0 Å². The molecule has 1 heterocycles. The number of nitrogens with zero attached hydrogens (tertiary/aromatic N) is 4. The minimum Gasteiger partial charge on any atom is -0.349 e. The number of carbonyl (C=O) groups excluding carboxylic acids is 1. The van der Waals surface area contributed by atoms with Crippen LogP contribution in [0.1, 0.15) is 11.1 Å². The van der Waals surface area contributed by atoms with Crippen molar-refractivity contribution in [1.82, 2.24) is 14.7 Å². The zero-order valence-electron chi connectivity index (χ0n) is 13.3. The highest BCUT2D eigenvalue weighted by Gasteiger charge is 2.20. The van der Waals surface area contributed by atoms with Crippen molar-refractivity contribution in [3.8, 4) is 0 Å². The molecule has 0 saturated carbocycles. The van der Waals surface area contributed by atoms with E-state index in [1.807, 2.05) is 49.0 Å². The normalized spacial score (nSPS) is 13.4. The molecule has 0 aromatic heterocycles. The Hall–Kier alpha value is -2.04. The molecule has 0 spiro atoms. The number of aliphatic imine (C=N–C) groups is 1. The second kappa shape index (κ2) is 6.61. The lowest BCUT2D eigenvalue weighted by atomic mass is 10.00. The number of benzene rings is 1. The largest absolute Gasteiger partial charge is 0.349 e. The van der Waals surface area contributed by atoms with Crippen molar-refractivity contribution in [3.05, 3.63) is 35.4 Å². The molecule has 0 aliphatic carbocycles. The zero-order chi connectivity index (χ0) is 15.4. The van der Waals surface area contributed by atoms with Gasteiger partial charge in [-0.15, -0.1) is 0 Å². The Morgan fingerprint density at radius 1 is 1.14 bits per heavy atom. The maximum Gasteiger partial charge on any atom is 0.244 e. The first-order valence-electron chi connectivity index (χ1n) is 7.22. The fourth-order valence-corrected chi connectivity index (χ4v) is 2.63. The van der Waals surface area contributed by atoms with E-state index in [1.165, 1.54) is 11.1 Å². The molecule has 0 unspecified atom stereocenters. The summed E-state index contributed by atoms with van der Waals surface area (Å²) in [5.74, 6) is 0.895. The van der Waals surface area contributed by atoms with Crippen molar-refractivity contribution in [3.63, 3.8) is 0 Å². The molecule has 0 atom stereocenters. The standard InChI is InChI=1S/C16H24N4O/c1-18(2)16(19(3)4)17-11-15(21)20-10-9-13-7-5-6-8-14(13)12-20/h5-8H,9-12H2,1-4H3. The first kappa shape index (κ1) is 15.4. The second-order valence-electron chi connectivity index (χ2n) is 5.74. The quantitative estimate of drug-likeness (QED) is 0.603. The molecule has 1 aromatic rings. The Morgan fingerprint density at radius 2 is 1.76 bits per heavy atom. The molecule has 5 nitrogen and oxygen atoms in total. The van der Waals surface area contributed by atoms with Gasteiger partial charge < -0.3 is 14.7 Å². The van der Waals surface area contributed by atoms with E-state index in [4.69, 9.17) is 0 Å². The topological polar surface area (TPSA) is 39.2 Å². The van der Waals surface area contributed by atoms with E-state index in [9.17, 15) is 4.79 Å². The maximum atomic E-state index is 12.3. The first-order chi connectivity index (χ1) is 9.99. The minimum atomic E-state index is 0.0886. The Kier molecular flexibility index (Phi) is 4.83. The van der Waals surface area contributed by atoms with Crippen LogP contribution in [0.15, 0.2) is 29.3 Å². The SMILES string of the molecule is CN(C)C(=NCC(=O)N1CCc2ccccc2C1)N(C)C. The fraction of sp³-hybridized carbons (Fsp3) is 0.500. The zero-order valence-corrected chi connectivity index (χ0v) is 13.3. The minimum absolute atomic E-state index is 0.0886. The summed E-state index contributed by atoms with van der Waals surface area (Å²) in [7, 11) is 7.72. The molecular formula is C16H24N4O. The first-order valence-corrected chi connectivity index (χ1v) is 7.22. The van der Waals surface area contributed by atoms with Crippen molar-refractivity contribution in [2.75, 3.05) is 41.3 Å². The van der Waals surface area contributed by atoms with Gasteiger partial charge in [0.1, 0.15) is 6.54 Å². The third kappa shape index (κ3) is 3.74. The third-order valence-electron chi connectivity index (χ3n) is 3.64. The van der Waals surface area contributed by atoms with E-state index in [1.54, 1.807) is 0 Å². The van der Waals surface area contributed by atoms with Crippen LogP contribution in [-0.2, 0) is 17.8 Å². The van der Waals surface area contributed by atoms with Gasteiger partial charge in [-0.2, -0.15) is 0 Å². The van der Waals surface area contributed by atoms with Crippen LogP contribution in [0, 0.1) is 0 Å². The summed E-state index contributed by atoms with van der Waals surface area (Å²) in [5.41, 5.74) is 2.61. The van der Waals surface area contributed by atoms with Gasteiger partial charge >= 0.3 is 0 Å². The molecule has 21 heavy (non-hydrogen) atoms. The molecule has 0 saturated heterocycles. The number of rotatable bonds is 2. The predicted octanol–water partition coefficient (Wildman–Crippen LogP) is 1.05. The van der Waals surface area contributed by atoms with Crippen LogP contribution >= 0.6 is 0 Å². The van der Waals surface area contributed by atoms with Gasteiger partial charge in [-0.25, -0.2) is 4.99 Å². The number of amides is 1. The Morgan fingerprint density at radius 3 is 2.38 bits per heavy atom. The summed E-state index contributed by atoms with van der Waals surface area (Å²) in [6.45, 7) is 1.68. The molecule has 0 radical (unpaired) electrons. The Balaban J connectivity index is 2.01. The Labute approximate surface area is 126 Å². The molecule has 2 rings (SSSR count). The number of hydrogen-bond acceptors (Lipinski definition) is 2. The molecule has 1 aliphatic rings. The van der Waals surface area contributed by atoms with Crippen LogP contribution in [0.3, 0.4) is 0 Å². The van der Waals surface area contributed by atoms with E-state index >= 15 is 0 Å². The maximum absolute atomic E-state index is 12.3. The van der Waals surface area contributed by atoms with Crippen LogP contribution in [0.2, 0.25) is 0 Å². The number of carbonyl (C=O) groups is 1. The van der Waals surface area contributed by atoms with Gasteiger partial charge in [0.2, 0.25) is 5.91 Å². The van der Waals surface area contributed by atoms with Crippen LogP contribution in [0.25, 0.3) is 0 Å². The van der Waals surface area contributed by atoms with E-state index in [0.717, 1.165) is 18.9 Å². The molecule has 0 fully saturated rings. The monoisotopic (exact) mass is 288 g/mol. The van der Waals surface area contributed by atoms with Gasteiger partial charge in [-0.3, -0.25) is 4.79 Å². The van der Waals surface area contributed by atoms with Crippen molar-refractivity contribution >= 4 is 11.9 Å². The highest BCUT2D eigenvalue weighted by molar-refractivity contribution is 5.84. The van der Waals surface area contributed by atoms with E-state index < -0.39 is 0 Å². The predicted molar refractivity (Wildman–Crippen MR) is 85.2 cm³/mol. The van der Waals surface area contributed by atoms with Crippen molar-refractivity contribution in [2.45, 2.75) is 13.0 Å². The number of fused-ring (bicyclic) bond motifs is 1. The smallest absolute Gasteiger partial charge is 0.244 e. The fourth-order valence-electron chi connectivity index (χ4n) is 2.63. The summed E-state index contributed by atoms with van der Waals surface area (Å²) in [5, 5.41) is 0. The lowest BCUT2D eigenvalue weighted by Gasteiger charge is -2.29. The van der Waals surface area contributed by atoms with E-state index in [2.05, 4.69) is 23.2 Å². The van der Waals surface area contributed by atoms with Gasteiger partial charge in [0.15, 0.2) is 5.96 Å². The summed E-state index contributed by atoms with van der Waals surface area (Å²) < 4.78 is 0. The second-order valence-corrected chi connectivity index (χ2v) is 5.74. The molecule has 5 heteroatoms. The van der Waals surface area contributed by atoms with E-state index in [0.29, 0.717) is 6.54 Å². The van der Waals surface area contributed by atoms with Crippen molar-refractivity contribution in [1.29, 1.82) is 0 Å². The molecular weight excluding hydrogens is 264 g/mol. The number of guanidine groups is 1. The summed E-state index contributed by atoms with van der Waals surface area (Å²) in [6.07, 6.45) is 0.930. The Bertz CT molecular complexity index is 527. The molecule has 1 amide bonds. The van der Waals surface area contributed by atoms with E-state index in [-0.39, 0.29) is 12.5 Å². The lowest BCUT2D eigenvalue weighted by Crippen LogP contribution is -2.39. The van der Waals surface area contributed by atoms with Crippen LogP contribution < -0.4 is 0 Å². The van der Waals surface area contributed by atoms with Gasteiger partial charge in [-0.1, -0.05) is 24.3 Å². The van der Waals surface area contributed by atoms with Crippen LogP contribution in [-0.4, -0.2) is 67.8 Å². The summed E-state index contributed by atoms with van der Waals surface area (Å²) in [6, 6.07) is 8.33. The van der Waals surface area contributed by atoms with Crippen LogP contribution in [0.5, 0.6) is 0 Å². The summed E-state index contributed by atoms with van der Waals surface area (Å²) in [4.78, 5) is 22.5. The molecule has 1 aliphatic heterocycles. The lowest BCUT2D eigenvalue weighted by molar-refractivity contribution is -0.130. The molecule has 0 N–H and O–H groups in total. The van der Waals surface area contributed by atoms with Crippen molar-refractivity contribution in [2.24, 2.45) is 4.99 Å². The number of hydrogen-bond donors (Lipinski definition) is 0. The van der Waals surface area contributed by atoms with Gasteiger partial charge in [0.05, 0.1) is 0 Å². The highest BCUT2D eigenvalue weighted by atomic mass is 16.2. The summed E-state index contributed by atoms with van der Waals surface area (Å²) >= 11 is 0. The van der Waals surface area contributed by atoms with Crippen LogP contribution in [0.4, 0.5) is 0 Å². The van der Waals surface area contributed by atoms with Gasteiger partial charge in [-0.05, 0) is 17.5 Å². The average Bonchev–Trinajstić information content (AvgIpc) is 2.46. The average molecular weight is 288 g/mol. The third-order valence-corrected chi connectivity index (χ3v) is 3.64. The molecule has 0 bridgehead atoms. The van der Waals surface area contributed by atoms with Crippen molar-refractivity contribution < 1.29 is 4.79 Å². The molecule has 1 aromatic carbocycles. The molecule has 114 valence electrons. The highest BCUT2D eigenvalue weighted by Crippen LogP contribution is 2.18.